The summed E-state index contributed by atoms with van der Waals surface area (Å²) in [6, 6.07) is 10.9. The van der Waals surface area contributed by atoms with Gasteiger partial charge in [0.25, 0.3) is 5.91 Å². The fourth-order valence-corrected chi connectivity index (χ4v) is 5.27. The van der Waals surface area contributed by atoms with Crippen LogP contribution in [0.4, 0.5) is 11.6 Å². The maximum absolute atomic E-state index is 13.2. The maximum atomic E-state index is 13.2. The van der Waals surface area contributed by atoms with E-state index < -0.39 is 21.9 Å². The number of carbonyl (C=O) groups excluding carboxylic acids is 2. The van der Waals surface area contributed by atoms with Gasteiger partial charge in [0.15, 0.2) is 5.69 Å². The molecular weight excluding hydrogens is 512 g/mol. The highest BCUT2D eigenvalue weighted by Gasteiger charge is 2.29. The van der Waals surface area contributed by atoms with Crippen molar-refractivity contribution in [1.82, 2.24) is 24.1 Å². The van der Waals surface area contributed by atoms with Gasteiger partial charge in [-0.2, -0.15) is 14.7 Å². The molecule has 1 aliphatic heterocycles. The summed E-state index contributed by atoms with van der Waals surface area (Å²) < 4.78 is 33.9. The van der Waals surface area contributed by atoms with Gasteiger partial charge in [0.1, 0.15) is 18.3 Å². The number of piperazine rings is 1. The number of aromatic nitrogens is 4. The van der Waals surface area contributed by atoms with E-state index in [2.05, 4.69) is 20.4 Å². The molecule has 1 fully saturated rings. The summed E-state index contributed by atoms with van der Waals surface area (Å²) in [7, 11) is -3.76. The molecule has 1 saturated heterocycles. The molecule has 0 aliphatic carbocycles. The lowest BCUT2D eigenvalue weighted by molar-refractivity contribution is -0.144. The molecule has 4 rings (SSSR count). The molecule has 0 unspecified atom stereocenters. The van der Waals surface area contributed by atoms with Crippen molar-refractivity contribution in [2.75, 3.05) is 43.0 Å². The van der Waals surface area contributed by atoms with Gasteiger partial charge in [-0.25, -0.2) is 18.4 Å². The smallest absolute Gasteiger partial charge is 0.327 e. The van der Waals surface area contributed by atoms with Crippen LogP contribution in [0.15, 0.2) is 47.5 Å². The Morgan fingerprint density at radius 3 is 2.47 bits per heavy atom. The second-order valence-electron chi connectivity index (χ2n) is 8.38. The first-order chi connectivity index (χ1) is 18.2. The van der Waals surface area contributed by atoms with Gasteiger partial charge in [-0.15, -0.1) is 0 Å². The van der Waals surface area contributed by atoms with E-state index in [1.807, 2.05) is 11.0 Å². The first-order valence-corrected chi connectivity index (χ1v) is 13.2. The van der Waals surface area contributed by atoms with Crippen LogP contribution in [-0.4, -0.2) is 77.1 Å². The van der Waals surface area contributed by atoms with E-state index in [4.69, 9.17) is 10.00 Å². The van der Waals surface area contributed by atoms with E-state index in [1.165, 1.54) is 45.5 Å². The molecular formula is C24H26N8O5S. The lowest BCUT2D eigenvalue weighted by Gasteiger charge is -2.34. The molecule has 1 aromatic carbocycles. The van der Waals surface area contributed by atoms with Crippen LogP contribution in [0.1, 0.15) is 28.8 Å². The minimum Gasteiger partial charge on any atom is -0.465 e. The van der Waals surface area contributed by atoms with Crippen LogP contribution in [0.2, 0.25) is 0 Å². The number of nitrogens with one attached hydrogen (secondary N) is 1. The van der Waals surface area contributed by atoms with E-state index in [-0.39, 0.29) is 42.5 Å². The lowest BCUT2D eigenvalue weighted by Crippen LogP contribution is -2.49. The van der Waals surface area contributed by atoms with E-state index in [9.17, 15) is 18.0 Å². The third-order valence-corrected chi connectivity index (χ3v) is 7.61. The van der Waals surface area contributed by atoms with Crippen molar-refractivity contribution >= 4 is 33.5 Å². The molecule has 1 amide bonds. The molecule has 0 radical (unpaired) electrons. The molecule has 2 aromatic heterocycles. The fourth-order valence-electron chi connectivity index (χ4n) is 3.84. The van der Waals surface area contributed by atoms with E-state index in [1.54, 1.807) is 19.9 Å². The number of nitriles is 1. The van der Waals surface area contributed by atoms with Crippen LogP contribution in [0.3, 0.4) is 0 Å². The summed E-state index contributed by atoms with van der Waals surface area (Å²) >= 11 is 0. The number of hydrogen-bond donors (Lipinski definition) is 1. The second kappa shape index (κ2) is 11.4. The van der Waals surface area contributed by atoms with Crippen LogP contribution in [-0.2, 0) is 26.1 Å². The number of carbonyl (C=O) groups is 2. The average molecular weight is 539 g/mol. The minimum atomic E-state index is -3.76. The molecule has 0 bridgehead atoms. The molecule has 0 atom stereocenters. The molecule has 38 heavy (non-hydrogen) atoms. The molecule has 13 nitrogen and oxygen atoms in total. The Labute approximate surface area is 219 Å². The Balaban J connectivity index is 1.36. The van der Waals surface area contributed by atoms with Gasteiger partial charge < -0.3 is 15.0 Å². The van der Waals surface area contributed by atoms with Crippen molar-refractivity contribution in [2.24, 2.45) is 0 Å². The quantitative estimate of drug-likeness (QED) is 0.412. The van der Waals surface area contributed by atoms with Crippen molar-refractivity contribution < 1.29 is 22.7 Å². The highest BCUT2D eigenvalue weighted by atomic mass is 32.2. The standard InChI is InChI=1S/C24H26N8O5S/c1-3-37-22(33)16-31-9-8-21(29-31)23(34)27-18-4-6-20(7-5-18)38(35,36)32-12-10-30(11-13-32)24-26-17(2)14-19(15-25)28-24/h4-9,14H,3,10-13,16H2,1-2H3,(H,27,34). The summed E-state index contributed by atoms with van der Waals surface area (Å²) in [5.41, 5.74) is 1.42. The number of amides is 1. The van der Waals surface area contributed by atoms with E-state index >= 15 is 0 Å². The van der Waals surface area contributed by atoms with Crippen molar-refractivity contribution in [3.05, 3.63) is 59.7 Å². The third-order valence-electron chi connectivity index (χ3n) is 5.70. The lowest BCUT2D eigenvalue weighted by atomic mass is 10.3. The molecule has 1 aliphatic rings. The zero-order chi connectivity index (χ0) is 27.3. The second-order valence-corrected chi connectivity index (χ2v) is 10.3. The van der Waals surface area contributed by atoms with Crippen LogP contribution < -0.4 is 10.2 Å². The number of sulfonamides is 1. The zero-order valence-electron chi connectivity index (χ0n) is 20.9. The summed E-state index contributed by atoms with van der Waals surface area (Å²) in [4.78, 5) is 34.6. The molecule has 0 spiro atoms. The number of anilines is 2. The average Bonchev–Trinajstić information content (AvgIpc) is 3.37. The van der Waals surface area contributed by atoms with E-state index in [0.29, 0.717) is 30.4 Å². The number of hydrogen-bond acceptors (Lipinski definition) is 10. The highest BCUT2D eigenvalue weighted by Crippen LogP contribution is 2.22. The monoisotopic (exact) mass is 538 g/mol. The summed E-state index contributed by atoms with van der Waals surface area (Å²) in [6.45, 7) is 4.84. The molecule has 0 saturated carbocycles. The van der Waals surface area contributed by atoms with Crippen LogP contribution in [0, 0.1) is 18.3 Å². The van der Waals surface area contributed by atoms with E-state index in [0.717, 1.165) is 0 Å². The number of ether oxygens (including phenoxy) is 1. The van der Waals surface area contributed by atoms with Gasteiger partial charge in [0, 0.05) is 43.8 Å². The molecule has 198 valence electrons. The van der Waals surface area contributed by atoms with Crippen LogP contribution in [0.25, 0.3) is 0 Å². The summed E-state index contributed by atoms with van der Waals surface area (Å²) in [6.07, 6.45) is 1.49. The highest BCUT2D eigenvalue weighted by molar-refractivity contribution is 7.89. The Morgan fingerprint density at radius 2 is 1.82 bits per heavy atom. The predicted octanol–water partition coefficient (Wildman–Crippen LogP) is 1.18. The van der Waals surface area contributed by atoms with Gasteiger partial charge in [0.05, 0.1) is 11.5 Å². The summed E-state index contributed by atoms with van der Waals surface area (Å²) in [5, 5.41) is 15.9. The van der Waals surface area contributed by atoms with Gasteiger partial charge in [-0.1, -0.05) is 0 Å². The Kier molecular flexibility index (Phi) is 7.99. The molecule has 14 heteroatoms. The minimum absolute atomic E-state index is 0.0984. The first-order valence-electron chi connectivity index (χ1n) is 11.8. The Hall–Kier alpha value is -4.35. The molecule has 1 N–H and O–H groups in total. The number of esters is 1. The fraction of sp³-hybridized carbons (Fsp3) is 0.333. The number of nitrogens with zero attached hydrogens (tertiary/aromatic N) is 7. The Bertz CT molecular complexity index is 1470. The van der Waals surface area contributed by atoms with Crippen LogP contribution >= 0.6 is 0 Å². The first kappa shape index (κ1) is 26.7. The third kappa shape index (κ3) is 6.13. The number of benzene rings is 1. The number of aryl methyl sites for hydroxylation is 1. The van der Waals surface area contributed by atoms with Gasteiger partial charge >= 0.3 is 5.97 Å². The van der Waals surface area contributed by atoms with Crippen LogP contribution in [0.5, 0.6) is 0 Å². The molecule has 3 heterocycles. The number of rotatable bonds is 8. The van der Waals surface area contributed by atoms with Gasteiger partial charge in [-0.3, -0.25) is 14.3 Å². The maximum Gasteiger partial charge on any atom is 0.327 e. The largest absolute Gasteiger partial charge is 0.465 e. The van der Waals surface area contributed by atoms with Gasteiger partial charge in [-0.05, 0) is 50.2 Å². The summed E-state index contributed by atoms with van der Waals surface area (Å²) in [5.74, 6) is -0.556. The zero-order valence-corrected chi connectivity index (χ0v) is 21.7. The predicted molar refractivity (Wildman–Crippen MR) is 136 cm³/mol. The molecule has 3 aromatic rings. The van der Waals surface area contributed by atoms with Crippen molar-refractivity contribution in [3.8, 4) is 6.07 Å². The van der Waals surface area contributed by atoms with Gasteiger partial charge in [0.2, 0.25) is 16.0 Å². The van der Waals surface area contributed by atoms with Crippen molar-refractivity contribution in [3.63, 3.8) is 0 Å². The Morgan fingerprint density at radius 1 is 1.11 bits per heavy atom. The normalized spacial score (nSPS) is 14.1. The topological polar surface area (TPSA) is 163 Å². The van der Waals surface area contributed by atoms with Crippen molar-refractivity contribution in [2.45, 2.75) is 25.3 Å². The SMILES string of the molecule is CCOC(=O)Cn1ccc(C(=O)Nc2ccc(S(=O)(=O)N3CCN(c4nc(C)cc(C#N)n4)CC3)cc2)n1. The van der Waals surface area contributed by atoms with Crippen molar-refractivity contribution in [1.29, 1.82) is 5.26 Å².